The van der Waals surface area contributed by atoms with E-state index in [0.29, 0.717) is 0 Å². The van der Waals surface area contributed by atoms with E-state index in [1.807, 2.05) is 0 Å². The molecule has 0 aliphatic heterocycles. The summed E-state index contributed by atoms with van der Waals surface area (Å²) in [5.74, 6) is 0. The van der Waals surface area contributed by atoms with E-state index >= 15 is 0 Å². The van der Waals surface area contributed by atoms with Gasteiger partial charge in [0.1, 0.15) is 0 Å². The molecule has 20 heavy (non-hydrogen) atoms. The van der Waals surface area contributed by atoms with Crippen LogP contribution in [0.25, 0.3) is 0 Å². The molecule has 0 rings (SSSR count). The summed E-state index contributed by atoms with van der Waals surface area (Å²) in [6.07, 6.45) is 0. The van der Waals surface area contributed by atoms with E-state index < -0.39 is 0 Å². The van der Waals surface area contributed by atoms with E-state index in [4.69, 9.17) is 0 Å². The molecule has 0 spiro atoms. The van der Waals surface area contributed by atoms with E-state index in [9.17, 15) is 0 Å². The van der Waals surface area contributed by atoms with Gasteiger partial charge in [-0.2, -0.15) is 0 Å². The third-order valence-corrected chi connectivity index (χ3v) is 0. The molecule has 0 bridgehead atoms. The maximum atomic E-state index is 0. The van der Waals surface area contributed by atoms with Crippen LogP contribution < -0.4 is 0 Å². The van der Waals surface area contributed by atoms with Gasteiger partial charge in [0.15, 0.2) is 0 Å². The van der Waals surface area contributed by atoms with Gasteiger partial charge in [-0.25, -0.2) is 0 Å². The zero-order valence-electron chi connectivity index (χ0n) is 1.21. The van der Waals surface area contributed by atoms with Crippen LogP contribution in [0.1, 0.15) is 0 Å². The van der Waals surface area contributed by atoms with Gasteiger partial charge in [-0.05, 0) is 0 Å². The normalized spacial score (nSPS) is 0. The van der Waals surface area contributed by atoms with Gasteiger partial charge in [0.25, 0.3) is 0 Å². The van der Waals surface area contributed by atoms with Crippen molar-refractivity contribution in [2.45, 2.75) is 0 Å². The summed E-state index contributed by atoms with van der Waals surface area (Å²) in [4.78, 5) is 0. The van der Waals surface area contributed by atoms with Crippen molar-refractivity contribution in [3.8, 4) is 0 Å². The monoisotopic (exact) mass is 636 g/mol. The van der Waals surface area contributed by atoms with Crippen molar-refractivity contribution in [2.24, 2.45) is 0 Å². The Labute approximate surface area is 522 Å². The van der Waals surface area contributed by atoms with Crippen molar-refractivity contribution in [1.29, 1.82) is 0 Å². The van der Waals surface area contributed by atoms with Gasteiger partial charge >= 0.3 is 473 Å². The van der Waals surface area contributed by atoms with Crippen LogP contribution in [-0.2, 0) is 68.3 Å². The number of rotatable bonds is 0. The van der Waals surface area contributed by atoms with Crippen molar-refractivity contribution in [2.75, 3.05) is 0 Å². The minimum absolute atomic E-state index is 0. The van der Waals surface area contributed by atoms with Gasteiger partial charge in [-0.3, -0.25) is 0 Å². The van der Waals surface area contributed by atoms with E-state index in [-0.39, 0.29) is 541 Å². The third-order valence-electron chi connectivity index (χ3n) is 0. The summed E-state index contributed by atoms with van der Waals surface area (Å²) in [6.45, 7) is 0. The van der Waals surface area contributed by atoms with Gasteiger partial charge in [0, 0.05) is 68.3 Å². The molecule has 0 saturated carbocycles. The molecule has 0 amide bonds. The molecule has 0 aromatic carbocycles. The molecular formula is H16Cu4Na16. The molecule has 76 valence electrons. The van der Waals surface area contributed by atoms with Crippen molar-refractivity contribution in [1.82, 2.24) is 0 Å². The fourth-order valence-corrected chi connectivity index (χ4v) is 0. The molecule has 0 aromatic rings. The predicted octanol–water partition coefficient (Wildman–Crippen LogP) is -10.4. The molecule has 0 unspecified atom stereocenters. The first-order valence-corrected chi connectivity index (χ1v) is 0. The van der Waals surface area contributed by atoms with Crippen molar-refractivity contribution in [3.63, 3.8) is 0 Å². The van der Waals surface area contributed by atoms with Crippen LogP contribution in [0.15, 0.2) is 0 Å². The Morgan fingerprint density at radius 3 is 0.100 bits per heavy atom. The van der Waals surface area contributed by atoms with Crippen molar-refractivity contribution in [3.05, 3.63) is 0 Å². The summed E-state index contributed by atoms with van der Waals surface area (Å²) < 4.78 is 0. The summed E-state index contributed by atoms with van der Waals surface area (Å²) >= 11 is 0. The average molecular weight is 638 g/mol. The molecule has 0 aliphatic carbocycles. The SMILES string of the molecule is [Cu].[Cu].[Cu].[Cu].[NaH].[NaH].[NaH].[NaH].[NaH].[NaH].[NaH].[NaH].[NaH].[NaH].[NaH].[NaH].[NaH].[NaH].[NaH].[NaH]. The van der Waals surface area contributed by atoms with Gasteiger partial charge in [0.2, 0.25) is 0 Å². The quantitative estimate of drug-likeness (QED) is 0.232. The first kappa shape index (κ1) is 160. The molecule has 0 fully saturated rings. The van der Waals surface area contributed by atoms with Crippen LogP contribution in [0.3, 0.4) is 0 Å². The molecule has 0 atom stereocenters. The fourth-order valence-electron chi connectivity index (χ4n) is 0. The molecular weight excluding hydrogens is 622 g/mol. The first-order valence-electron chi connectivity index (χ1n) is 0. The van der Waals surface area contributed by atoms with Crippen LogP contribution in [0, 0.1) is 0 Å². The average Bonchev–Trinajstić information content (AvgIpc) is 0. The molecule has 0 heterocycles. The zero-order valence-corrected chi connectivity index (χ0v) is 4.97. The molecule has 0 aromatic heterocycles. The Morgan fingerprint density at radius 2 is 0.100 bits per heavy atom. The first-order chi connectivity index (χ1) is 0. The van der Waals surface area contributed by atoms with Crippen LogP contribution in [0.2, 0.25) is 0 Å². The van der Waals surface area contributed by atoms with Crippen LogP contribution in [0.5, 0.6) is 0 Å². The van der Waals surface area contributed by atoms with E-state index in [1.54, 1.807) is 0 Å². The fraction of sp³-hybridized carbons (Fsp3) is 0. The Morgan fingerprint density at radius 1 is 0.100 bits per heavy atom. The molecule has 0 nitrogen and oxygen atoms in total. The van der Waals surface area contributed by atoms with Gasteiger partial charge in [0.05, 0.1) is 0 Å². The van der Waals surface area contributed by atoms with Gasteiger partial charge < -0.3 is 0 Å². The summed E-state index contributed by atoms with van der Waals surface area (Å²) in [6, 6.07) is 0. The van der Waals surface area contributed by atoms with Gasteiger partial charge in [-0.15, -0.1) is 0 Å². The Kier molecular flexibility index (Phi) is 1180. The number of hydrogen-bond acceptors (Lipinski definition) is 0. The van der Waals surface area contributed by atoms with Gasteiger partial charge in [-0.1, -0.05) is 0 Å². The molecule has 0 N–H and O–H groups in total. The summed E-state index contributed by atoms with van der Waals surface area (Å²) in [5.41, 5.74) is 0. The summed E-state index contributed by atoms with van der Waals surface area (Å²) in [7, 11) is 0. The third kappa shape index (κ3) is 136. The van der Waals surface area contributed by atoms with E-state index in [0.717, 1.165) is 0 Å². The minimum atomic E-state index is 0. The Bertz CT molecular complexity index is 14.4. The second-order valence-corrected chi connectivity index (χ2v) is 0. The van der Waals surface area contributed by atoms with E-state index in [2.05, 4.69) is 0 Å². The van der Waals surface area contributed by atoms with Crippen LogP contribution in [0.4, 0.5) is 0 Å². The number of hydrogen-bond donors (Lipinski definition) is 0. The van der Waals surface area contributed by atoms with Crippen molar-refractivity contribution >= 4 is 473 Å². The maximum absolute atomic E-state index is 0. The molecule has 0 aliphatic rings. The van der Waals surface area contributed by atoms with Crippen molar-refractivity contribution < 1.29 is 68.3 Å². The standard InChI is InChI=1S/4Cu.16Na.16H. The molecule has 4 radical (unpaired) electrons. The zero-order chi connectivity index (χ0) is 0. The molecule has 20 heteroatoms. The topological polar surface area (TPSA) is 0 Å². The summed E-state index contributed by atoms with van der Waals surface area (Å²) in [5, 5.41) is 0. The Hall–Kier alpha value is 18.1. The second kappa shape index (κ2) is 148. The van der Waals surface area contributed by atoms with Crippen LogP contribution in [-0.4, -0.2) is 473 Å². The molecule has 0 saturated heterocycles. The van der Waals surface area contributed by atoms with Crippen LogP contribution >= 0.6 is 0 Å². The Balaban J connectivity index is 0. The predicted molar refractivity (Wildman–Crippen MR) is 114 cm³/mol. The van der Waals surface area contributed by atoms with E-state index in [1.165, 1.54) is 0 Å². The second-order valence-electron chi connectivity index (χ2n) is 0.